The Morgan fingerprint density at radius 2 is 2.17 bits per heavy atom. The van der Waals surface area contributed by atoms with Gasteiger partial charge in [-0.05, 0) is 60.3 Å². The number of hydrogen-bond donors (Lipinski definition) is 1. The van der Waals surface area contributed by atoms with Crippen molar-refractivity contribution in [2.45, 2.75) is 46.5 Å². The molecule has 0 aliphatic heterocycles. The van der Waals surface area contributed by atoms with Gasteiger partial charge in [0.05, 0.1) is 12.7 Å². The van der Waals surface area contributed by atoms with Crippen LogP contribution in [-0.4, -0.2) is 18.4 Å². The third kappa shape index (κ3) is 4.38. The van der Waals surface area contributed by atoms with E-state index in [1.54, 1.807) is 29.7 Å². The Bertz CT molecular complexity index is 990. The molecule has 0 bridgehead atoms. The van der Waals surface area contributed by atoms with E-state index in [1.165, 1.54) is 17.6 Å². The van der Waals surface area contributed by atoms with Crippen LogP contribution in [0.3, 0.4) is 0 Å². The number of thiophene rings is 1. The number of nitriles is 1. The largest absolute Gasteiger partial charge is 0.504 e. The van der Waals surface area contributed by atoms with Crippen molar-refractivity contribution < 1.29 is 9.84 Å². The average molecular weight is 409 g/mol. The molecule has 1 aliphatic carbocycles. The minimum Gasteiger partial charge on any atom is -0.504 e. The highest BCUT2D eigenvalue weighted by atomic mass is 32.1. The van der Waals surface area contributed by atoms with E-state index in [0.717, 1.165) is 35.4 Å². The smallest absolute Gasteiger partial charge is 0.161 e. The van der Waals surface area contributed by atoms with Crippen LogP contribution in [0.25, 0.3) is 0 Å². The molecule has 4 nitrogen and oxygen atoms in total. The van der Waals surface area contributed by atoms with Crippen molar-refractivity contribution >= 4 is 22.6 Å². The number of rotatable bonds is 5. The van der Waals surface area contributed by atoms with E-state index >= 15 is 0 Å². The molecule has 1 aromatic heterocycles. The summed E-state index contributed by atoms with van der Waals surface area (Å²) in [5.74, 6) is 1.16. The number of nitrogens with zero attached hydrogens (tertiary/aromatic N) is 2. The lowest BCUT2D eigenvalue weighted by Crippen LogP contribution is -2.26. The maximum Gasteiger partial charge on any atom is 0.161 e. The number of aromatic hydroxyl groups is 1. The molecule has 2 aromatic rings. The summed E-state index contributed by atoms with van der Waals surface area (Å²) in [4.78, 5) is 5.96. The molecule has 152 valence electrons. The van der Waals surface area contributed by atoms with Crippen LogP contribution in [0, 0.1) is 22.7 Å². The van der Waals surface area contributed by atoms with Gasteiger partial charge in [-0.25, -0.2) is 4.99 Å². The van der Waals surface area contributed by atoms with Crippen molar-refractivity contribution in [3.63, 3.8) is 0 Å². The molecule has 1 heterocycles. The van der Waals surface area contributed by atoms with Gasteiger partial charge in [0.25, 0.3) is 0 Å². The van der Waals surface area contributed by atoms with Crippen molar-refractivity contribution in [3.05, 3.63) is 51.9 Å². The van der Waals surface area contributed by atoms with Crippen molar-refractivity contribution in [2.75, 3.05) is 7.11 Å². The van der Waals surface area contributed by atoms with Crippen molar-refractivity contribution in [1.82, 2.24) is 0 Å². The topological polar surface area (TPSA) is 65.6 Å². The summed E-state index contributed by atoms with van der Waals surface area (Å²) in [5.41, 5.74) is 3.72. The number of phenols is 1. The van der Waals surface area contributed by atoms with Crippen LogP contribution in [0.4, 0.5) is 5.00 Å². The van der Waals surface area contributed by atoms with E-state index in [0.29, 0.717) is 23.7 Å². The second-order valence-electron chi connectivity index (χ2n) is 8.58. The zero-order valence-electron chi connectivity index (χ0n) is 17.6. The Morgan fingerprint density at radius 1 is 1.41 bits per heavy atom. The zero-order valence-corrected chi connectivity index (χ0v) is 18.4. The fourth-order valence-corrected chi connectivity index (χ4v) is 5.10. The van der Waals surface area contributed by atoms with Gasteiger partial charge in [-0.1, -0.05) is 26.8 Å². The summed E-state index contributed by atoms with van der Waals surface area (Å²) in [6.45, 7) is 10.6. The first-order chi connectivity index (χ1) is 13.8. The molecular formula is C24H28N2O2S. The first-order valence-electron chi connectivity index (χ1n) is 9.88. The number of aliphatic imine (C=N–C) groups is 1. The van der Waals surface area contributed by atoms with Gasteiger partial charge in [-0.2, -0.15) is 5.26 Å². The number of benzene rings is 1. The Morgan fingerprint density at radius 3 is 2.79 bits per heavy atom. The fraction of sp³-hybridized carbons (Fsp3) is 0.417. The lowest BCUT2D eigenvalue weighted by atomic mass is 9.72. The van der Waals surface area contributed by atoms with E-state index in [9.17, 15) is 10.4 Å². The molecule has 0 fully saturated rings. The Kier molecular flexibility index (Phi) is 6.14. The van der Waals surface area contributed by atoms with E-state index in [2.05, 4.69) is 38.4 Å². The monoisotopic (exact) mass is 408 g/mol. The maximum atomic E-state index is 10.3. The third-order valence-corrected chi connectivity index (χ3v) is 6.84. The highest BCUT2D eigenvalue weighted by molar-refractivity contribution is 7.16. The quantitative estimate of drug-likeness (QED) is 0.490. The molecule has 1 aromatic carbocycles. The molecule has 0 spiro atoms. The molecule has 0 saturated heterocycles. The van der Waals surface area contributed by atoms with Crippen molar-refractivity contribution in [1.29, 1.82) is 5.26 Å². The van der Waals surface area contributed by atoms with E-state index in [1.807, 2.05) is 6.07 Å². The van der Waals surface area contributed by atoms with Gasteiger partial charge >= 0.3 is 0 Å². The third-order valence-electron chi connectivity index (χ3n) is 5.67. The molecule has 1 N–H and O–H groups in total. The van der Waals surface area contributed by atoms with Gasteiger partial charge in [-0.3, -0.25) is 0 Å². The fourth-order valence-electron chi connectivity index (χ4n) is 3.88. The first-order valence-corrected chi connectivity index (χ1v) is 10.7. The second kappa shape index (κ2) is 8.42. The average Bonchev–Trinajstić information content (AvgIpc) is 3.04. The van der Waals surface area contributed by atoms with E-state index in [4.69, 9.17) is 4.74 Å². The normalized spacial score (nSPS) is 16.4. The van der Waals surface area contributed by atoms with Gasteiger partial charge in [0.15, 0.2) is 11.5 Å². The standard InChI is InChI=1S/C24H28N2O2S/c1-6-7-16-10-15(11-20(28-5)22(16)27)14-26-23-19(13-25)18-9-8-17(24(2,3)4)12-21(18)29-23/h6,10-11,14,17,27H,1,7-9,12H2,2-5H3/t17-/m0/s1. The molecular weight excluding hydrogens is 380 g/mol. The predicted molar refractivity (Wildman–Crippen MR) is 120 cm³/mol. The summed E-state index contributed by atoms with van der Waals surface area (Å²) in [6, 6.07) is 6.00. The number of fused-ring (bicyclic) bond motifs is 1. The van der Waals surface area contributed by atoms with Crippen LogP contribution in [-0.2, 0) is 19.3 Å². The van der Waals surface area contributed by atoms with Crippen LogP contribution in [0.15, 0.2) is 29.8 Å². The van der Waals surface area contributed by atoms with Crippen LogP contribution < -0.4 is 4.74 Å². The number of methoxy groups -OCH3 is 1. The van der Waals surface area contributed by atoms with Gasteiger partial charge < -0.3 is 9.84 Å². The van der Waals surface area contributed by atoms with Crippen LogP contribution in [0.2, 0.25) is 0 Å². The number of ether oxygens (including phenoxy) is 1. The summed E-state index contributed by atoms with van der Waals surface area (Å²) in [7, 11) is 1.53. The Labute approximate surface area is 177 Å². The lowest BCUT2D eigenvalue weighted by molar-refractivity contribution is 0.218. The molecule has 29 heavy (non-hydrogen) atoms. The minimum atomic E-state index is 0.127. The van der Waals surface area contributed by atoms with E-state index in [-0.39, 0.29) is 11.2 Å². The predicted octanol–water partition coefficient (Wildman–Crippen LogP) is 5.96. The number of phenolic OH excluding ortho intramolecular Hbond substituents is 1. The first kappa shape index (κ1) is 21.1. The minimum absolute atomic E-state index is 0.127. The molecule has 0 saturated carbocycles. The van der Waals surface area contributed by atoms with Crippen molar-refractivity contribution in [2.24, 2.45) is 16.3 Å². The highest BCUT2D eigenvalue weighted by Gasteiger charge is 2.32. The molecule has 1 aliphatic rings. The summed E-state index contributed by atoms with van der Waals surface area (Å²) in [6.07, 6.45) is 7.10. The molecule has 1 atom stereocenters. The van der Waals surface area contributed by atoms with Crippen LogP contribution >= 0.6 is 11.3 Å². The van der Waals surface area contributed by atoms with Crippen LogP contribution in [0.5, 0.6) is 11.5 Å². The summed E-state index contributed by atoms with van der Waals surface area (Å²) in [5, 5.41) is 20.8. The van der Waals surface area contributed by atoms with Crippen molar-refractivity contribution in [3.8, 4) is 17.6 Å². The molecule has 0 unspecified atom stereocenters. The number of hydrogen-bond acceptors (Lipinski definition) is 5. The summed E-state index contributed by atoms with van der Waals surface area (Å²) >= 11 is 1.64. The van der Waals surface area contributed by atoms with Gasteiger partial charge in [0.2, 0.25) is 0 Å². The molecule has 0 radical (unpaired) electrons. The Hall–Kier alpha value is -2.58. The SMILES string of the molecule is C=CCc1cc(C=Nc2sc3c(c2C#N)CC[C@H](C(C)(C)C)C3)cc(OC)c1O. The zero-order chi connectivity index (χ0) is 21.2. The highest BCUT2D eigenvalue weighted by Crippen LogP contribution is 2.45. The van der Waals surface area contributed by atoms with Gasteiger partial charge in [-0.15, -0.1) is 17.9 Å². The Balaban J connectivity index is 1.95. The number of allylic oxidation sites excluding steroid dienone is 1. The molecule has 0 amide bonds. The lowest BCUT2D eigenvalue weighted by Gasteiger charge is -2.33. The summed E-state index contributed by atoms with van der Waals surface area (Å²) < 4.78 is 5.28. The molecule has 5 heteroatoms. The van der Waals surface area contributed by atoms with Crippen LogP contribution in [0.1, 0.15) is 54.3 Å². The molecule has 3 rings (SSSR count). The van der Waals surface area contributed by atoms with E-state index < -0.39 is 0 Å². The van der Waals surface area contributed by atoms with Gasteiger partial charge in [0, 0.05) is 16.7 Å². The second-order valence-corrected chi connectivity index (χ2v) is 9.67. The van der Waals surface area contributed by atoms with Gasteiger partial charge in [0.1, 0.15) is 11.1 Å². The maximum absolute atomic E-state index is 10.3.